The zero-order valence-electron chi connectivity index (χ0n) is 20.5. The smallest absolute Gasteiger partial charge is 0.335 e. The van der Waals surface area contributed by atoms with Crippen LogP contribution in [0.5, 0.6) is 17.2 Å². The Labute approximate surface area is 219 Å². The molecule has 0 aromatic heterocycles. The number of hydrogen-bond donors (Lipinski definition) is 1. The number of nitrogens with one attached hydrogen (secondary N) is 1. The van der Waals surface area contributed by atoms with Crippen molar-refractivity contribution in [3.8, 4) is 17.2 Å². The monoisotopic (exact) mass is 520 g/mol. The second kappa shape index (κ2) is 11.2. The van der Waals surface area contributed by atoms with Gasteiger partial charge in [0, 0.05) is 5.02 Å². The standard InChI is InChI=1S/C28H25ClN2O6/c1-17-4-5-18(2)24(14-17)37-13-12-36-23-11-6-19(16-25(23)35-3)15-22-26(32)30-28(34)31(27(22)33)21-9-7-20(29)8-10-21/h4-11,14-16H,12-13H2,1-3H3,(H,30,32,34). The molecule has 1 heterocycles. The topological polar surface area (TPSA) is 94.2 Å². The highest BCUT2D eigenvalue weighted by atomic mass is 35.5. The molecule has 1 fully saturated rings. The molecule has 4 amide bonds. The van der Waals surface area contributed by atoms with Crippen LogP contribution in [0.15, 0.2) is 66.2 Å². The van der Waals surface area contributed by atoms with Gasteiger partial charge < -0.3 is 14.2 Å². The number of benzene rings is 3. The van der Waals surface area contributed by atoms with E-state index in [1.807, 2.05) is 32.0 Å². The lowest BCUT2D eigenvalue weighted by Gasteiger charge is -2.26. The van der Waals surface area contributed by atoms with Crippen LogP contribution in [0.4, 0.5) is 10.5 Å². The van der Waals surface area contributed by atoms with Crippen molar-refractivity contribution in [2.75, 3.05) is 25.2 Å². The number of nitrogens with zero attached hydrogens (tertiary/aromatic N) is 1. The highest BCUT2D eigenvalue weighted by Crippen LogP contribution is 2.30. The Morgan fingerprint density at radius 2 is 1.57 bits per heavy atom. The third kappa shape index (κ3) is 5.92. The number of urea groups is 1. The quantitative estimate of drug-likeness (QED) is 0.252. The van der Waals surface area contributed by atoms with Crippen LogP contribution in [0.3, 0.4) is 0 Å². The fraction of sp³-hybridized carbons (Fsp3) is 0.179. The lowest BCUT2D eigenvalue weighted by atomic mass is 10.1. The fourth-order valence-corrected chi connectivity index (χ4v) is 3.83. The lowest BCUT2D eigenvalue weighted by Crippen LogP contribution is -2.54. The van der Waals surface area contributed by atoms with Gasteiger partial charge in [0.05, 0.1) is 12.8 Å². The Kier molecular flexibility index (Phi) is 7.79. The number of amides is 4. The minimum atomic E-state index is -0.834. The first-order valence-corrected chi connectivity index (χ1v) is 11.8. The molecule has 4 rings (SSSR count). The summed E-state index contributed by atoms with van der Waals surface area (Å²) in [5.41, 5.74) is 2.75. The molecule has 8 nitrogen and oxygen atoms in total. The number of barbiturate groups is 1. The van der Waals surface area contributed by atoms with E-state index in [0.29, 0.717) is 28.7 Å². The van der Waals surface area contributed by atoms with E-state index in [4.69, 9.17) is 25.8 Å². The molecule has 0 aliphatic carbocycles. The Balaban J connectivity index is 1.48. The summed E-state index contributed by atoms with van der Waals surface area (Å²) in [5.74, 6) is 0.156. The van der Waals surface area contributed by atoms with Crippen LogP contribution in [-0.2, 0) is 9.59 Å². The zero-order chi connectivity index (χ0) is 26.5. The van der Waals surface area contributed by atoms with Crippen molar-refractivity contribution in [1.29, 1.82) is 0 Å². The van der Waals surface area contributed by atoms with Crippen molar-refractivity contribution in [3.05, 3.63) is 87.9 Å². The van der Waals surface area contributed by atoms with Crippen molar-refractivity contribution < 1.29 is 28.6 Å². The number of halogens is 1. The molecule has 37 heavy (non-hydrogen) atoms. The molecular weight excluding hydrogens is 496 g/mol. The van der Waals surface area contributed by atoms with Gasteiger partial charge in [-0.2, -0.15) is 0 Å². The van der Waals surface area contributed by atoms with E-state index in [1.54, 1.807) is 30.3 Å². The first kappa shape index (κ1) is 25.8. The highest BCUT2D eigenvalue weighted by Gasteiger charge is 2.36. The summed E-state index contributed by atoms with van der Waals surface area (Å²) < 4.78 is 17.1. The molecule has 0 spiro atoms. The number of imide groups is 2. The molecule has 0 radical (unpaired) electrons. The first-order chi connectivity index (χ1) is 17.8. The second-order valence-electron chi connectivity index (χ2n) is 8.31. The predicted molar refractivity (Wildman–Crippen MR) is 140 cm³/mol. The summed E-state index contributed by atoms with van der Waals surface area (Å²) in [5, 5.41) is 2.65. The molecule has 0 unspecified atom stereocenters. The van der Waals surface area contributed by atoms with E-state index in [1.165, 1.54) is 25.3 Å². The molecule has 190 valence electrons. The van der Waals surface area contributed by atoms with Gasteiger partial charge in [0.15, 0.2) is 11.5 Å². The number of methoxy groups -OCH3 is 1. The van der Waals surface area contributed by atoms with Crippen molar-refractivity contribution >= 4 is 41.2 Å². The number of ether oxygens (including phenoxy) is 3. The second-order valence-corrected chi connectivity index (χ2v) is 8.75. The zero-order valence-corrected chi connectivity index (χ0v) is 21.3. The molecule has 9 heteroatoms. The van der Waals surface area contributed by atoms with Crippen molar-refractivity contribution in [1.82, 2.24) is 5.32 Å². The van der Waals surface area contributed by atoms with E-state index in [0.717, 1.165) is 21.8 Å². The summed E-state index contributed by atoms with van der Waals surface area (Å²) in [4.78, 5) is 38.8. The van der Waals surface area contributed by atoms with Gasteiger partial charge >= 0.3 is 6.03 Å². The first-order valence-electron chi connectivity index (χ1n) is 11.4. The molecule has 0 bridgehead atoms. The van der Waals surface area contributed by atoms with E-state index >= 15 is 0 Å². The molecule has 1 aliphatic heterocycles. The van der Waals surface area contributed by atoms with Gasteiger partial charge in [-0.25, -0.2) is 9.69 Å². The molecule has 1 aliphatic rings. The molecule has 0 atom stereocenters. The third-order valence-corrected chi connectivity index (χ3v) is 5.88. The molecule has 3 aromatic carbocycles. The van der Waals surface area contributed by atoms with Crippen LogP contribution in [0.25, 0.3) is 6.08 Å². The summed E-state index contributed by atoms with van der Waals surface area (Å²) in [6.45, 7) is 4.60. The summed E-state index contributed by atoms with van der Waals surface area (Å²) in [7, 11) is 1.49. The Morgan fingerprint density at radius 3 is 2.27 bits per heavy atom. The largest absolute Gasteiger partial charge is 0.493 e. The van der Waals surface area contributed by atoms with E-state index in [2.05, 4.69) is 5.32 Å². The van der Waals surface area contributed by atoms with E-state index < -0.39 is 17.8 Å². The predicted octanol–water partition coefficient (Wildman–Crippen LogP) is 5.09. The van der Waals surface area contributed by atoms with Crippen molar-refractivity contribution in [3.63, 3.8) is 0 Å². The minimum absolute atomic E-state index is 0.202. The van der Waals surface area contributed by atoms with Gasteiger partial charge in [-0.05, 0) is 79.1 Å². The molecule has 1 N–H and O–H groups in total. The maximum Gasteiger partial charge on any atom is 0.335 e. The fourth-order valence-electron chi connectivity index (χ4n) is 3.71. The Hall–Kier alpha value is -4.30. The van der Waals surface area contributed by atoms with Crippen molar-refractivity contribution in [2.24, 2.45) is 0 Å². The van der Waals surface area contributed by atoms with Crippen LogP contribution in [-0.4, -0.2) is 38.2 Å². The Bertz CT molecular complexity index is 1380. The number of carbonyl (C=O) groups is 3. The molecule has 3 aromatic rings. The summed E-state index contributed by atoms with van der Waals surface area (Å²) >= 11 is 5.91. The van der Waals surface area contributed by atoms with Crippen molar-refractivity contribution in [2.45, 2.75) is 13.8 Å². The summed E-state index contributed by atoms with van der Waals surface area (Å²) in [6, 6.07) is 16.3. The van der Waals surface area contributed by atoms with Gasteiger partial charge in [0.25, 0.3) is 11.8 Å². The maximum absolute atomic E-state index is 13.1. The average Bonchev–Trinajstić information content (AvgIpc) is 2.87. The number of aryl methyl sites for hydroxylation is 2. The summed E-state index contributed by atoms with van der Waals surface area (Å²) in [6.07, 6.45) is 1.39. The number of anilines is 1. The number of rotatable bonds is 8. The molecular formula is C28H25ClN2O6. The number of carbonyl (C=O) groups excluding carboxylic acids is 3. The third-order valence-electron chi connectivity index (χ3n) is 5.63. The molecule has 1 saturated heterocycles. The van der Waals surface area contributed by atoms with Crippen LogP contribution in [0.1, 0.15) is 16.7 Å². The van der Waals surface area contributed by atoms with Crippen LogP contribution in [0, 0.1) is 13.8 Å². The SMILES string of the molecule is COc1cc(C=C2C(=O)NC(=O)N(c3ccc(Cl)cc3)C2=O)ccc1OCCOc1cc(C)ccc1C. The highest BCUT2D eigenvalue weighted by molar-refractivity contribution is 6.39. The van der Waals surface area contributed by atoms with Gasteiger partial charge in [0.2, 0.25) is 0 Å². The van der Waals surface area contributed by atoms with E-state index in [-0.39, 0.29) is 17.9 Å². The van der Waals surface area contributed by atoms with Crippen LogP contribution >= 0.6 is 11.6 Å². The Morgan fingerprint density at radius 1 is 0.865 bits per heavy atom. The molecule has 0 saturated carbocycles. The number of hydrogen-bond acceptors (Lipinski definition) is 6. The van der Waals surface area contributed by atoms with Gasteiger partial charge in [-0.3, -0.25) is 14.9 Å². The van der Waals surface area contributed by atoms with E-state index in [9.17, 15) is 14.4 Å². The van der Waals surface area contributed by atoms with Gasteiger partial charge in [-0.15, -0.1) is 0 Å². The lowest BCUT2D eigenvalue weighted by molar-refractivity contribution is -0.122. The minimum Gasteiger partial charge on any atom is -0.493 e. The van der Waals surface area contributed by atoms with Gasteiger partial charge in [0.1, 0.15) is 24.5 Å². The van der Waals surface area contributed by atoms with Gasteiger partial charge in [-0.1, -0.05) is 29.8 Å². The normalized spacial score (nSPS) is 14.5. The van der Waals surface area contributed by atoms with Crippen LogP contribution in [0.2, 0.25) is 5.02 Å². The maximum atomic E-state index is 13.1. The van der Waals surface area contributed by atoms with Crippen LogP contribution < -0.4 is 24.4 Å². The average molecular weight is 521 g/mol.